The average Bonchev–Trinajstić information content (AvgIpc) is 2.54. The van der Waals surface area contributed by atoms with Crippen LogP contribution < -0.4 is 0 Å². The van der Waals surface area contributed by atoms with Gasteiger partial charge in [-0.25, -0.2) is 0 Å². The van der Waals surface area contributed by atoms with Crippen molar-refractivity contribution in [2.45, 2.75) is 44.6 Å². The molecule has 122 valence electrons. The van der Waals surface area contributed by atoms with Crippen LogP contribution in [-0.2, 0) is 16.6 Å². The maximum atomic E-state index is 12.8. The molecule has 1 fully saturated rings. The van der Waals surface area contributed by atoms with Crippen LogP contribution in [0.3, 0.4) is 0 Å². The summed E-state index contributed by atoms with van der Waals surface area (Å²) in [6.07, 6.45) is 6.81. The van der Waals surface area contributed by atoms with Gasteiger partial charge in [-0.15, -0.1) is 0 Å². The van der Waals surface area contributed by atoms with Crippen LogP contribution in [0.4, 0.5) is 0 Å². The van der Waals surface area contributed by atoms with E-state index in [2.05, 4.69) is 18.2 Å². The number of hydrogen-bond acceptors (Lipinski definition) is 2. The van der Waals surface area contributed by atoms with Crippen molar-refractivity contribution in [2.24, 2.45) is 5.92 Å². The van der Waals surface area contributed by atoms with Gasteiger partial charge < -0.3 is 0 Å². The van der Waals surface area contributed by atoms with Gasteiger partial charge in [0.2, 0.25) is 0 Å². The van der Waals surface area contributed by atoms with Gasteiger partial charge in [0.1, 0.15) is 0 Å². The van der Waals surface area contributed by atoms with Crippen molar-refractivity contribution in [3.63, 3.8) is 0 Å². The first kappa shape index (κ1) is 16.0. The van der Waals surface area contributed by atoms with Gasteiger partial charge in [0.25, 0.3) is 10.2 Å². The van der Waals surface area contributed by atoms with E-state index in [1.54, 1.807) is 18.4 Å². The molecule has 1 saturated carbocycles. The van der Waals surface area contributed by atoms with Gasteiger partial charge in [-0.2, -0.15) is 17.0 Å². The minimum Gasteiger partial charge on any atom is -0.195 e. The van der Waals surface area contributed by atoms with Crippen LogP contribution in [0.2, 0.25) is 0 Å². The first-order valence-electron chi connectivity index (χ1n) is 8.29. The summed E-state index contributed by atoms with van der Waals surface area (Å²) >= 11 is 0. The van der Waals surface area contributed by atoms with E-state index in [0.29, 0.717) is 12.5 Å². The van der Waals surface area contributed by atoms with E-state index < -0.39 is 10.2 Å². The molecule has 1 atom stereocenters. The molecule has 0 saturated heterocycles. The summed E-state index contributed by atoms with van der Waals surface area (Å²) < 4.78 is 28.7. The van der Waals surface area contributed by atoms with Gasteiger partial charge in [0, 0.05) is 20.6 Å². The molecule has 1 aliphatic heterocycles. The molecule has 3 rings (SSSR count). The topological polar surface area (TPSA) is 40.6 Å². The van der Waals surface area contributed by atoms with E-state index in [0.717, 1.165) is 19.3 Å². The Bertz CT molecular complexity index is 621. The summed E-state index contributed by atoms with van der Waals surface area (Å²) in [6.45, 7) is 0.596. The summed E-state index contributed by atoms with van der Waals surface area (Å²) in [6, 6.07) is 8.40. The quantitative estimate of drug-likeness (QED) is 0.858. The molecule has 0 N–H and O–H groups in total. The third-order valence-corrected chi connectivity index (χ3v) is 7.06. The van der Waals surface area contributed by atoms with Crippen LogP contribution in [0, 0.1) is 5.92 Å². The highest BCUT2D eigenvalue weighted by Gasteiger charge is 2.40. The highest BCUT2D eigenvalue weighted by atomic mass is 32.2. The highest BCUT2D eigenvalue weighted by molar-refractivity contribution is 7.86. The minimum atomic E-state index is -3.37. The Morgan fingerprint density at radius 3 is 2.45 bits per heavy atom. The van der Waals surface area contributed by atoms with Crippen LogP contribution in [0.25, 0.3) is 0 Å². The van der Waals surface area contributed by atoms with Crippen molar-refractivity contribution in [2.75, 3.05) is 20.6 Å². The molecule has 1 unspecified atom stereocenters. The molecule has 1 aromatic carbocycles. The van der Waals surface area contributed by atoms with E-state index in [-0.39, 0.29) is 6.04 Å². The third-order valence-electron chi connectivity index (χ3n) is 5.14. The predicted octanol–water partition coefficient (Wildman–Crippen LogP) is 2.97. The molecule has 22 heavy (non-hydrogen) atoms. The summed E-state index contributed by atoms with van der Waals surface area (Å²) in [5.74, 6) is 0.449. The minimum absolute atomic E-state index is 0.0117. The lowest BCUT2D eigenvalue weighted by molar-refractivity contribution is 0.177. The second-order valence-corrected chi connectivity index (χ2v) is 8.79. The van der Waals surface area contributed by atoms with Crippen molar-refractivity contribution in [3.05, 3.63) is 35.4 Å². The van der Waals surface area contributed by atoms with E-state index >= 15 is 0 Å². The second kappa shape index (κ2) is 6.30. The van der Waals surface area contributed by atoms with Crippen molar-refractivity contribution in [1.82, 2.24) is 8.61 Å². The van der Waals surface area contributed by atoms with Gasteiger partial charge >= 0.3 is 0 Å². The molecular weight excluding hydrogens is 296 g/mol. The first-order valence-corrected chi connectivity index (χ1v) is 9.68. The fourth-order valence-electron chi connectivity index (χ4n) is 3.98. The SMILES string of the molecule is CN(C)S(=O)(=O)N1CCc2ccccc2C1C1CCCCC1. The zero-order valence-corrected chi connectivity index (χ0v) is 14.3. The fraction of sp³-hybridized carbons (Fsp3) is 0.647. The van der Waals surface area contributed by atoms with Crippen molar-refractivity contribution < 1.29 is 8.42 Å². The van der Waals surface area contributed by atoms with Crippen LogP contribution in [-0.4, -0.2) is 37.7 Å². The van der Waals surface area contributed by atoms with Gasteiger partial charge in [-0.3, -0.25) is 0 Å². The van der Waals surface area contributed by atoms with Crippen molar-refractivity contribution in [1.29, 1.82) is 0 Å². The van der Waals surface area contributed by atoms with E-state index in [1.807, 2.05) is 6.07 Å². The zero-order chi connectivity index (χ0) is 15.7. The Hall–Kier alpha value is -0.910. The molecule has 1 heterocycles. The van der Waals surface area contributed by atoms with E-state index in [1.165, 1.54) is 34.7 Å². The Balaban J connectivity index is 2.03. The predicted molar refractivity (Wildman–Crippen MR) is 88.8 cm³/mol. The smallest absolute Gasteiger partial charge is 0.195 e. The van der Waals surface area contributed by atoms with Gasteiger partial charge in [0.15, 0.2) is 0 Å². The lowest BCUT2D eigenvalue weighted by Gasteiger charge is -2.42. The Kier molecular flexibility index (Phi) is 4.57. The third kappa shape index (κ3) is 2.82. The number of rotatable bonds is 3. The molecule has 5 heteroatoms. The summed E-state index contributed by atoms with van der Waals surface area (Å²) in [5.41, 5.74) is 2.55. The standard InChI is InChI=1S/C17H26N2O2S/c1-18(2)22(20,21)19-13-12-14-8-6-7-11-16(14)17(19)15-9-4-3-5-10-15/h6-8,11,15,17H,3-5,9-10,12-13H2,1-2H3. The number of benzene rings is 1. The molecule has 1 aliphatic carbocycles. The molecule has 0 amide bonds. The molecule has 0 aromatic heterocycles. The van der Waals surface area contributed by atoms with Gasteiger partial charge in [-0.1, -0.05) is 43.5 Å². The van der Waals surface area contributed by atoms with Crippen molar-refractivity contribution >= 4 is 10.2 Å². The van der Waals surface area contributed by atoms with Crippen LogP contribution in [0.15, 0.2) is 24.3 Å². The molecule has 0 spiro atoms. The highest BCUT2D eigenvalue weighted by Crippen LogP contribution is 2.43. The lowest BCUT2D eigenvalue weighted by atomic mass is 9.78. The Labute approximate surface area is 134 Å². The molecule has 0 radical (unpaired) electrons. The normalized spacial score (nSPS) is 24.4. The molecule has 2 aliphatic rings. The lowest BCUT2D eigenvalue weighted by Crippen LogP contribution is -2.48. The molecule has 4 nitrogen and oxygen atoms in total. The van der Waals surface area contributed by atoms with E-state index in [4.69, 9.17) is 0 Å². The second-order valence-electron chi connectivity index (χ2n) is 6.69. The molecule has 0 bridgehead atoms. The number of nitrogens with zero attached hydrogens (tertiary/aromatic N) is 2. The van der Waals surface area contributed by atoms with E-state index in [9.17, 15) is 8.42 Å². The molecule has 1 aromatic rings. The Morgan fingerprint density at radius 2 is 1.77 bits per heavy atom. The summed E-state index contributed by atoms with van der Waals surface area (Å²) in [5, 5.41) is 0. The van der Waals surface area contributed by atoms with Gasteiger partial charge in [-0.05, 0) is 36.3 Å². The largest absolute Gasteiger partial charge is 0.282 e. The monoisotopic (exact) mass is 322 g/mol. The van der Waals surface area contributed by atoms with Crippen LogP contribution >= 0.6 is 0 Å². The average molecular weight is 322 g/mol. The fourth-order valence-corrected chi connectivity index (χ4v) is 5.30. The van der Waals surface area contributed by atoms with Crippen LogP contribution in [0.1, 0.15) is 49.3 Å². The maximum absolute atomic E-state index is 12.8. The Morgan fingerprint density at radius 1 is 1.09 bits per heavy atom. The maximum Gasteiger partial charge on any atom is 0.282 e. The summed E-state index contributed by atoms with van der Waals surface area (Å²) in [7, 11) is -0.109. The number of hydrogen-bond donors (Lipinski definition) is 0. The first-order chi connectivity index (χ1) is 10.5. The van der Waals surface area contributed by atoms with Crippen molar-refractivity contribution in [3.8, 4) is 0 Å². The zero-order valence-electron chi connectivity index (χ0n) is 13.5. The van der Waals surface area contributed by atoms with Gasteiger partial charge in [0.05, 0.1) is 6.04 Å². The molecular formula is C17H26N2O2S. The van der Waals surface area contributed by atoms with Crippen LogP contribution in [0.5, 0.6) is 0 Å². The number of fused-ring (bicyclic) bond motifs is 1. The summed E-state index contributed by atoms with van der Waals surface area (Å²) in [4.78, 5) is 0.